The van der Waals surface area contributed by atoms with Gasteiger partial charge in [0.2, 0.25) is 5.91 Å². The number of aryl methyl sites for hydroxylation is 2. The molecule has 0 radical (unpaired) electrons. The molecule has 0 saturated carbocycles. The van der Waals surface area contributed by atoms with Crippen LogP contribution in [0.3, 0.4) is 0 Å². The third kappa shape index (κ3) is 2.99. The van der Waals surface area contributed by atoms with Crippen molar-refractivity contribution in [2.24, 2.45) is 0 Å². The van der Waals surface area contributed by atoms with E-state index < -0.39 is 0 Å². The predicted molar refractivity (Wildman–Crippen MR) is 71.6 cm³/mol. The lowest BCUT2D eigenvalue weighted by Crippen LogP contribution is -2.16. The number of hydrogen-bond acceptors (Lipinski definition) is 3. The average molecular weight is 254 g/mol. The fourth-order valence-electron chi connectivity index (χ4n) is 1.81. The van der Waals surface area contributed by atoms with E-state index in [1.807, 2.05) is 38.1 Å². The number of nitrogens with zero attached hydrogens (tertiary/aromatic N) is 2. The fourth-order valence-corrected chi connectivity index (χ4v) is 1.81. The van der Waals surface area contributed by atoms with Crippen molar-refractivity contribution >= 4 is 11.7 Å². The first-order chi connectivity index (χ1) is 9.10. The van der Waals surface area contributed by atoms with Crippen LogP contribution in [0.15, 0.2) is 24.4 Å². The van der Waals surface area contributed by atoms with Crippen molar-refractivity contribution in [2.45, 2.75) is 20.3 Å². The van der Waals surface area contributed by atoms with E-state index in [2.05, 4.69) is 15.5 Å². The maximum atomic E-state index is 11.9. The number of hydrogen-bond donors (Lipinski definition) is 2. The summed E-state index contributed by atoms with van der Waals surface area (Å²) in [5.74, 6) is 0.173. The monoisotopic (exact) mass is 254 g/mol. The zero-order valence-electron chi connectivity index (χ0n) is 10.8. The van der Waals surface area contributed by atoms with Crippen LogP contribution in [0.4, 0.5) is 5.82 Å². The van der Waals surface area contributed by atoms with Crippen molar-refractivity contribution in [3.63, 3.8) is 0 Å². The summed E-state index contributed by atoms with van der Waals surface area (Å²) in [6.07, 6.45) is 1.66. The molecule has 19 heavy (non-hydrogen) atoms. The van der Waals surface area contributed by atoms with E-state index in [0.717, 1.165) is 16.7 Å². The first-order valence-corrected chi connectivity index (χ1v) is 5.89. The lowest BCUT2D eigenvalue weighted by atomic mass is 10.0. The largest absolute Gasteiger partial charge is 0.310 e. The summed E-state index contributed by atoms with van der Waals surface area (Å²) in [7, 11) is 0. The minimum absolute atomic E-state index is 0.172. The van der Waals surface area contributed by atoms with Gasteiger partial charge in [0.15, 0.2) is 0 Å². The highest BCUT2D eigenvalue weighted by Gasteiger charge is 2.10. The molecule has 0 saturated heterocycles. The van der Waals surface area contributed by atoms with Crippen molar-refractivity contribution in [1.29, 1.82) is 5.26 Å². The molecular weight excluding hydrogens is 240 g/mol. The number of aromatic nitrogens is 2. The maximum Gasteiger partial charge on any atom is 0.229 e. The van der Waals surface area contributed by atoms with Crippen LogP contribution in [-0.2, 0) is 11.2 Å². The first kappa shape index (κ1) is 12.8. The van der Waals surface area contributed by atoms with Gasteiger partial charge in [0, 0.05) is 0 Å². The number of nitriles is 1. The fraction of sp³-hybridized carbons (Fsp3) is 0.214. The van der Waals surface area contributed by atoms with Gasteiger partial charge >= 0.3 is 0 Å². The Morgan fingerprint density at radius 2 is 2.26 bits per heavy atom. The van der Waals surface area contributed by atoms with Crippen molar-refractivity contribution < 1.29 is 4.79 Å². The van der Waals surface area contributed by atoms with E-state index in [9.17, 15) is 4.79 Å². The minimum atomic E-state index is -0.172. The number of carbonyl (C=O) groups is 1. The normalized spacial score (nSPS) is 9.95. The molecule has 0 spiro atoms. The van der Waals surface area contributed by atoms with Gasteiger partial charge in [0.25, 0.3) is 0 Å². The van der Waals surface area contributed by atoms with Crippen molar-refractivity contribution in [3.05, 3.63) is 46.6 Å². The molecule has 1 amide bonds. The van der Waals surface area contributed by atoms with Gasteiger partial charge in [-0.15, -0.1) is 0 Å². The first-order valence-electron chi connectivity index (χ1n) is 5.89. The van der Waals surface area contributed by atoms with Gasteiger partial charge in [-0.25, -0.2) is 0 Å². The molecular formula is C14H14N4O. The standard InChI is InChI=1S/C14H14N4O/c1-9-3-4-10(2)11(5-9)6-13(19)17-14-12(7-15)8-16-18-14/h3-5,8H,6H2,1-2H3,(H2,16,17,18,19). The summed E-state index contributed by atoms with van der Waals surface area (Å²) in [6, 6.07) is 7.96. The lowest BCUT2D eigenvalue weighted by molar-refractivity contribution is -0.115. The summed E-state index contributed by atoms with van der Waals surface area (Å²) in [4.78, 5) is 11.9. The van der Waals surface area contributed by atoms with E-state index in [1.54, 1.807) is 0 Å². The highest BCUT2D eigenvalue weighted by Crippen LogP contribution is 2.13. The summed E-state index contributed by atoms with van der Waals surface area (Å²) in [6.45, 7) is 3.96. The second kappa shape index (κ2) is 5.36. The Labute approximate surface area is 111 Å². The molecule has 1 aromatic heterocycles. The minimum Gasteiger partial charge on any atom is -0.310 e. The molecule has 1 heterocycles. The molecule has 5 nitrogen and oxygen atoms in total. The number of aromatic amines is 1. The summed E-state index contributed by atoms with van der Waals surface area (Å²) in [5.41, 5.74) is 3.50. The zero-order chi connectivity index (χ0) is 13.8. The Morgan fingerprint density at radius 3 is 3.00 bits per heavy atom. The quantitative estimate of drug-likeness (QED) is 0.879. The van der Waals surface area contributed by atoms with Gasteiger partial charge in [-0.05, 0) is 25.0 Å². The molecule has 0 aliphatic carbocycles. The maximum absolute atomic E-state index is 11.9. The molecule has 0 aliphatic rings. The number of carbonyl (C=O) groups excluding carboxylic acids is 1. The van der Waals surface area contributed by atoms with Crippen molar-refractivity contribution in [1.82, 2.24) is 10.2 Å². The Hall–Kier alpha value is -2.61. The van der Waals surface area contributed by atoms with Gasteiger partial charge in [-0.1, -0.05) is 23.8 Å². The number of rotatable bonds is 3. The topological polar surface area (TPSA) is 81.6 Å². The van der Waals surface area contributed by atoms with Crippen LogP contribution in [-0.4, -0.2) is 16.1 Å². The molecule has 0 atom stereocenters. The predicted octanol–water partition coefficient (Wildman–Crippen LogP) is 2.08. The average Bonchev–Trinajstić information content (AvgIpc) is 2.81. The van der Waals surface area contributed by atoms with E-state index in [0.29, 0.717) is 11.4 Å². The number of anilines is 1. The second-order valence-corrected chi connectivity index (χ2v) is 4.43. The molecule has 96 valence electrons. The van der Waals surface area contributed by atoms with Crippen LogP contribution in [0, 0.1) is 25.2 Å². The van der Waals surface area contributed by atoms with Crippen molar-refractivity contribution in [3.8, 4) is 6.07 Å². The zero-order valence-corrected chi connectivity index (χ0v) is 10.8. The van der Waals surface area contributed by atoms with Crippen LogP contribution < -0.4 is 5.32 Å². The van der Waals surface area contributed by atoms with Gasteiger partial charge in [0.1, 0.15) is 17.5 Å². The number of amides is 1. The van der Waals surface area contributed by atoms with Gasteiger partial charge in [-0.3, -0.25) is 9.89 Å². The molecule has 2 aromatic rings. The third-order valence-electron chi connectivity index (χ3n) is 2.88. The number of H-pyrrole nitrogens is 1. The molecule has 5 heteroatoms. The van der Waals surface area contributed by atoms with E-state index >= 15 is 0 Å². The molecule has 0 bridgehead atoms. The van der Waals surface area contributed by atoms with Crippen LogP contribution in [0.2, 0.25) is 0 Å². The van der Waals surface area contributed by atoms with Crippen LogP contribution in [0.1, 0.15) is 22.3 Å². The highest BCUT2D eigenvalue weighted by atomic mass is 16.1. The Bertz CT molecular complexity index is 652. The molecule has 2 rings (SSSR count). The lowest BCUT2D eigenvalue weighted by Gasteiger charge is -2.07. The third-order valence-corrected chi connectivity index (χ3v) is 2.88. The summed E-state index contributed by atoms with van der Waals surface area (Å²) in [5, 5.41) is 17.8. The molecule has 0 fully saturated rings. The second-order valence-electron chi connectivity index (χ2n) is 4.43. The van der Waals surface area contributed by atoms with E-state index in [1.165, 1.54) is 6.20 Å². The SMILES string of the molecule is Cc1ccc(C)c(CC(=O)Nc2[nH]ncc2C#N)c1. The molecule has 1 aromatic carbocycles. The van der Waals surface area contributed by atoms with Gasteiger partial charge in [0.05, 0.1) is 12.6 Å². The van der Waals surface area contributed by atoms with Crippen molar-refractivity contribution in [2.75, 3.05) is 5.32 Å². The summed E-state index contributed by atoms with van der Waals surface area (Å²) < 4.78 is 0. The molecule has 0 aliphatic heterocycles. The van der Waals surface area contributed by atoms with Crippen LogP contribution in [0.5, 0.6) is 0 Å². The Balaban J connectivity index is 2.10. The van der Waals surface area contributed by atoms with Gasteiger partial charge in [-0.2, -0.15) is 10.4 Å². The Morgan fingerprint density at radius 1 is 1.47 bits per heavy atom. The summed E-state index contributed by atoms with van der Waals surface area (Å²) >= 11 is 0. The van der Waals surface area contributed by atoms with Gasteiger partial charge < -0.3 is 5.32 Å². The highest BCUT2D eigenvalue weighted by molar-refractivity contribution is 5.92. The Kier molecular flexibility index (Phi) is 3.62. The molecule has 0 unspecified atom stereocenters. The number of benzene rings is 1. The number of nitrogens with one attached hydrogen (secondary N) is 2. The van der Waals surface area contributed by atoms with Crippen LogP contribution >= 0.6 is 0 Å². The van der Waals surface area contributed by atoms with E-state index in [4.69, 9.17) is 5.26 Å². The molecule has 2 N–H and O–H groups in total. The van der Waals surface area contributed by atoms with Crippen LogP contribution in [0.25, 0.3) is 0 Å². The van der Waals surface area contributed by atoms with E-state index in [-0.39, 0.29) is 12.3 Å². The smallest absolute Gasteiger partial charge is 0.229 e.